The molecule has 20 heavy (non-hydrogen) atoms. The molecule has 0 atom stereocenters. The zero-order valence-corrected chi connectivity index (χ0v) is 11.6. The number of aryl methyl sites for hydroxylation is 1. The van der Waals surface area contributed by atoms with Gasteiger partial charge in [-0.2, -0.15) is 5.26 Å². The summed E-state index contributed by atoms with van der Waals surface area (Å²) in [6.45, 7) is 1.79. The topological polar surface area (TPSA) is 83.2 Å². The van der Waals surface area contributed by atoms with E-state index in [9.17, 15) is 4.79 Å². The van der Waals surface area contributed by atoms with Crippen LogP contribution in [0.25, 0.3) is 10.6 Å². The highest BCUT2D eigenvalue weighted by Gasteiger charge is 2.10. The van der Waals surface area contributed by atoms with Crippen LogP contribution in [-0.2, 0) is 16.1 Å². The fourth-order valence-corrected chi connectivity index (χ4v) is 2.61. The summed E-state index contributed by atoms with van der Waals surface area (Å²) < 4.78 is 5.08. The number of carboxylic acid groups (broad SMARTS) is 1. The van der Waals surface area contributed by atoms with Crippen molar-refractivity contribution in [1.29, 1.82) is 5.26 Å². The lowest BCUT2D eigenvalue weighted by molar-refractivity contribution is -0.142. The number of aromatic nitrogens is 1. The third kappa shape index (κ3) is 3.41. The number of ether oxygens (including phenoxy) is 1. The van der Waals surface area contributed by atoms with Crippen LogP contribution < -0.4 is 0 Å². The number of benzene rings is 1. The van der Waals surface area contributed by atoms with E-state index in [1.54, 1.807) is 12.1 Å². The first kappa shape index (κ1) is 14.2. The van der Waals surface area contributed by atoms with Crippen molar-refractivity contribution in [3.05, 3.63) is 40.4 Å². The van der Waals surface area contributed by atoms with Crippen LogP contribution in [0, 0.1) is 18.3 Å². The summed E-state index contributed by atoms with van der Waals surface area (Å²) in [4.78, 5) is 15.7. The Morgan fingerprint density at radius 1 is 1.45 bits per heavy atom. The third-order valence-electron chi connectivity index (χ3n) is 2.61. The third-order valence-corrected chi connectivity index (χ3v) is 3.79. The molecule has 0 aliphatic rings. The molecule has 6 heteroatoms. The second-order valence-electron chi connectivity index (χ2n) is 4.10. The van der Waals surface area contributed by atoms with Gasteiger partial charge in [-0.25, -0.2) is 9.78 Å². The maximum absolute atomic E-state index is 10.4. The van der Waals surface area contributed by atoms with Gasteiger partial charge in [0.05, 0.1) is 28.8 Å². The summed E-state index contributed by atoms with van der Waals surface area (Å²) in [6.07, 6.45) is 0. The van der Waals surface area contributed by atoms with Gasteiger partial charge in [0.15, 0.2) is 0 Å². The van der Waals surface area contributed by atoms with Gasteiger partial charge in [0, 0.05) is 5.56 Å². The maximum Gasteiger partial charge on any atom is 0.329 e. The second-order valence-corrected chi connectivity index (χ2v) is 5.19. The molecule has 5 nitrogen and oxygen atoms in total. The monoisotopic (exact) mass is 288 g/mol. The van der Waals surface area contributed by atoms with E-state index in [1.165, 1.54) is 11.3 Å². The largest absolute Gasteiger partial charge is 0.480 e. The van der Waals surface area contributed by atoms with E-state index in [2.05, 4.69) is 11.1 Å². The van der Waals surface area contributed by atoms with Gasteiger partial charge in [-0.15, -0.1) is 11.3 Å². The van der Waals surface area contributed by atoms with Crippen LogP contribution in [0.3, 0.4) is 0 Å². The summed E-state index contributed by atoms with van der Waals surface area (Å²) in [7, 11) is 0. The molecule has 102 valence electrons. The van der Waals surface area contributed by atoms with Crippen molar-refractivity contribution in [1.82, 2.24) is 4.98 Å². The predicted octanol–water partition coefficient (Wildman–Crippen LogP) is 2.59. The van der Waals surface area contributed by atoms with Crippen LogP contribution in [-0.4, -0.2) is 22.7 Å². The molecule has 0 bridgehead atoms. The Labute approximate surface area is 120 Å². The van der Waals surface area contributed by atoms with Crippen molar-refractivity contribution in [2.24, 2.45) is 0 Å². The van der Waals surface area contributed by atoms with Gasteiger partial charge in [0.2, 0.25) is 0 Å². The maximum atomic E-state index is 10.4. The summed E-state index contributed by atoms with van der Waals surface area (Å²) >= 11 is 1.47. The molecule has 0 aliphatic carbocycles. The fraction of sp³-hybridized carbons (Fsp3) is 0.214. The van der Waals surface area contributed by atoms with Gasteiger partial charge >= 0.3 is 5.97 Å². The van der Waals surface area contributed by atoms with Gasteiger partial charge < -0.3 is 9.84 Å². The number of hydrogen-bond acceptors (Lipinski definition) is 5. The summed E-state index contributed by atoms with van der Waals surface area (Å²) in [6, 6.07) is 9.25. The van der Waals surface area contributed by atoms with Crippen LogP contribution in [0.1, 0.15) is 16.1 Å². The molecular weight excluding hydrogens is 276 g/mol. The Kier molecular flexibility index (Phi) is 4.45. The first-order chi connectivity index (χ1) is 9.60. The quantitative estimate of drug-likeness (QED) is 0.914. The molecule has 0 unspecified atom stereocenters. The van der Waals surface area contributed by atoms with Gasteiger partial charge in [-0.3, -0.25) is 0 Å². The minimum atomic E-state index is -0.987. The fourth-order valence-electron chi connectivity index (χ4n) is 1.60. The molecule has 0 fully saturated rings. The molecule has 0 saturated heterocycles. The molecule has 0 radical (unpaired) electrons. The minimum Gasteiger partial charge on any atom is -0.480 e. The lowest BCUT2D eigenvalue weighted by Gasteiger charge is -1.98. The molecule has 0 saturated carbocycles. The van der Waals surface area contributed by atoms with E-state index in [-0.39, 0.29) is 13.2 Å². The van der Waals surface area contributed by atoms with Gasteiger partial charge in [0.1, 0.15) is 11.6 Å². The van der Waals surface area contributed by atoms with E-state index in [0.717, 1.165) is 21.1 Å². The molecule has 1 aromatic heterocycles. The minimum absolute atomic E-state index is 0.242. The molecule has 0 spiro atoms. The van der Waals surface area contributed by atoms with E-state index in [1.807, 2.05) is 19.1 Å². The lowest BCUT2D eigenvalue weighted by atomic mass is 10.1. The number of nitriles is 1. The molecular formula is C14H12N2O3S. The molecule has 2 rings (SSSR count). The first-order valence-corrected chi connectivity index (χ1v) is 6.68. The number of nitrogens with zero attached hydrogens (tertiary/aromatic N) is 2. The van der Waals surface area contributed by atoms with Crippen LogP contribution >= 0.6 is 11.3 Å². The van der Waals surface area contributed by atoms with Gasteiger partial charge in [-0.05, 0) is 19.1 Å². The zero-order valence-electron chi connectivity index (χ0n) is 10.8. The Hall–Kier alpha value is -2.23. The highest BCUT2D eigenvalue weighted by atomic mass is 32.1. The number of hydrogen-bond donors (Lipinski definition) is 1. The van der Waals surface area contributed by atoms with Gasteiger partial charge in [0.25, 0.3) is 0 Å². The Bertz CT molecular complexity index is 656. The molecule has 1 heterocycles. The van der Waals surface area contributed by atoms with Crippen molar-refractivity contribution in [2.75, 3.05) is 6.61 Å². The SMILES string of the molecule is Cc1nc(-c2ccc(C#N)cc2)sc1COCC(=O)O. The average molecular weight is 288 g/mol. The number of rotatable bonds is 5. The number of aliphatic carboxylic acids is 1. The molecule has 1 N–H and O–H groups in total. The van der Waals surface area contributed by atoms with Crippen molar-refractivity contribution < 1.29 is 14.6 Å². The zero-order chi connectivity index (χ0) is 14.5. The Balaban J connectivity index is 2.13. The standard InChI is InChI=1S/C14H12N2O3S/c1-9-12(7-19-8-13(17)18)20-14(16-9)11-4-2-10(6-15)3-5-11/h2-5H,7-8H2,1H3,(H,17,18). The van der Waals surface area contributed by atoms with Crippen LogP contribution in [0.15, 0.2) is 24.3 Å². The first-order valence-electron chi connectivity index (χ1n) is 5.86. The Morgan fingerprint density at radius 2 is 2.15 bits per heavy atom. The van der Waals surface area contributed by atoms with Crippen molar-refractivity contribution >= 4 is 17.3 Å². The highest BCUT2D eigenvalue weighted by molar-refractivity contribution is 7.15. The lowest BCUT2D eigenvalue weighted by Crippen LogP contribution is -2.06. The summed E-state index contributed by atoms with van der Waals surface area (Å²) in [5.41, 5.74) is 2.37. The highest BCUT2D eigenvalue weighted by Crippen LogP contribution is 2.28. The molecule has 0 aliphatic heterocycles. The number of carbonyl (C=O) groups is 1. The molecule has 2 aromatic rings. The van der Waals surface area contributed by atoms with E-state index < -0.39 is 5.97 Å². The van der Waals surface area contributed by atoms with Crippen LogP contribution in [0.2, 0.25) is 0 Å². The molecule has 1 aromatic carbocycles. The second kappa shape index (κ2) is 6.28. The normalized spacial score (nSPS) is 10.2. The Morgan fingerprint density at radius 3 is 2.75 bits per heavy atom. The summed E-state index contributed by atoms with van der Waals surface area (Å²) in [5.74, 6) is -0.987. The smallest absolute Gasteiger partial charge is 0.329 e. The number of thiazole rings is 1. The van der Waals surface area contributed by atoms with Crippen molar-refractivity contribution in [2.45, 2.75) is 13.5 Å². The van der Waals surface area contributed by atoms with Crippen LogP contribution in [0.4, 0.5) is 0 Å². The van der Waals surface area contributed by atoms with E-state index in [4.69, 9.17) is 15.1 Å². The van der Waals surface area contributed by atoms with E-state index >= 15 is 0 Å². The molecule has 0 amide bonds. The van der Waals surface area contributed by atoms with Gasteiger partial charge in [-0.1, -0.05) is 12.1 Å². The van der Waals surface area contributed by atoms with E-state index in [0.29, 0.717) is 5.56 Å². The predicted molar refractivity (Wildman–Crippen MR) is 74.3 cm³/mol. The summed E-state index contributed by atoms with van der Waals surface area (Å²) in [5, 5.41) is 18.1. The average Bonchev–Trinajstić information content (AvgIpc) is 2.80. The number of carboxylic acids is 1. The van der Waals surface area contributed by atoms with Crippen molar-refractivity contribution in [3.63, 3.8) is 0 Å². The van der Waals surface area contributed by atoms with Crippen LogP contribution in [0.5, 0.6) is 0 Å². The van der Waals surface area contributed by atoms with Crippen molar-refractivity contribution in [3.8, 4) is 16.6 Å².